The van der Waals surface area contributed by atoms with Crippen molar-refractivity contribution in [2.75, 3.05) is 26.2 Å². The minimum Gasteiger partial charge on any atom is -0.373 e. The van der Waals surface area contributed by atoms with Gasteiger partial charge in [-0.2, -0.15) is 0 Å². The Labute approximate surface area is 255 Å². The maximum Gasteiger partial charge on any atom is 0.223 e. The molecule has 6 heteroatoms. The summed E-state index contributed by atoms with van der Waals surface area (Å²) >= 11 is 0. The van der Waals surface area contributed by atoms with E-state index in [-0.39, 0.29) is 18.5 Å². The van der Waals surface area contributed by atoms with Crippen molar-refractivity contribution >= 4 is 11.8 Å². The first-order chi connectivity index (χ1) is 18.2. The summed E-state index contributed by atoms with van der Waals surface area (Å²) in [5, 5.41) is 0. The second-order valence-corrected chi connectivity index (χ2v) is 15.4. The summed E-state index contributed by atoms with van der Waals surface area (Å²) in [5.74, 6) is 0.635. The van der Waals surface area contributed by atoms with Gasteiger partial charge in [0.25, 0.3) is 0 Å². The highest BCUT2D eigenvalue weighted by atomic mass is 16.2. The third kappa shape index (κ3) is 14.7. The Morgan fingerprint density at radius 1 is 0.488 bits per heavy atom. The van der Waals surface area contributed by atoms with Gasteiger partial charge in [-0.05, 0) is 134 Å². The summed E-state index contributed by atoms with van der Waals surface area (Å²) in [5.41, 5.74) is 0.703. The van der Waals surface area contributed by atoms with E-state index in [0.29, 0.717) is 22.9 Å². The summed E-state index contributed by atoms with van der Waals surface area (Å²) in [6.45, 7) is 30.3. The number of rotatable bonds is 0. The van der Waals surface area contributed by atoms with Gasteiger partial charge in [-0.15, -0.1) is 0 Å². The molecule has 0 aromatic carbocycles. The lowest BCUT2D eigenvalue weighted by molar-refractivity contribution is -0.138. The smallest absolute Gasteiger partial charge is 0.223 e. The van der Waals surface area contributed by atoms with Crippen molar-refractivity contribution < 1.29 is 9.59 Å². The van der Waals surface area contributed by atoms with E-state index < -0.39 is 0 Å². The Morgan fingerprint density at radius 2 is 0.902 bits per heavy atom. The molecule has 0 radical (unpaired) electrons. The maximum atomic E-state index is 11.4. The van der Waals surface area contributed by atoms with E-state index in [9.17, 15) is 9.59 Å². The predicted octanol–water partition coefficient (Wildman–Crippen LogP) is 8.24. The van der Waals surface area contributed by atoms with E-state index in [1.54, 1.807) is 0 Å². The van der Waals surface area contributed by atoms with E-state index in [2.05, 4.69) is 117 Å². The van der Waals surface area contributed by atoms with Gasteiger partial charge in [0, 0.05) is 61.2 Å². The van der Waals surface area contributed by atoms with Gasteiger partial charge in [0.2, 0.25) is 11.8 Å². The minimum atomic E-state index is 0. The normalized spacial score (nSPS) is 19.5. The first-order valence-electron chi connectivity index (χ1n) is 15.7. The van der Waals surface area contributed by atoms with Crippen LogP contribution in [0.3, 0.4) is 0 Å². The first kappa shape index (κ1) is 39.0. The zero-order valence-corrected chi connectivity index (χ0v) is 28.4. The summed E-state index contributed by atoms with van der Waals surface area (Å²) in [6, 6.07) is 0. The molecule has 6 nitrogen and oxygen atoms in total. The number of carbonyl (C=O) groups excluding carboxylic acids is 2. The molecular formula is C35H68N4O2. The zero-order valence-electron chi connectivity index (χ0n) is 28.4. The number of carbonyl (C=O) groups is 2. The summed E-state index contributed by atoms with van der Waals surface area (Å²) in [4.78, 5) is 31.2. The average Bonchev–Trinajstić information content (AvgIpc) is 3.52. The van der Waals surface area contributed by atoms with Crippen molar-refractivity contribution in [2.45, 2.75) is 164 Å². The quantitative estimate of drug-likeness (QED) is 0.291. The van der Waals surface area contributed by atoms with Crippen molar-refractivity contribution in [1.29, 1.82) is 0 Å². The van der Waals surface area contributed by atoms with Gasteiger partial charge in [-0.1, -0.05) is 19.6 Å². The van der Waals surface area contributed by atoms with Gasteiger partial charge in [0.05, 0.1) is 0 Å². The van der Waals surface area contributed by atoms with Crippen LogP contribution < -0.4 is 0 Å². The molecule has 2 fully saturated rings. The van der Waals surface area contributed by atoms with Gasteiger partial charge in [-0.3, -0.25) is 9.59 Å². The SMILES string of the molecule is C.CC(C)(C)N1C=CCC1.CC(C)(C)N1C=CCCC1.CC(C)(C)N1CCCC1=O.CC(C)(C)N1CCCCC1=O. The second kappa shape index (κ2) is 16.6. The number of nitrogens with zero attached hydrogens (tertiary/aromatic N) is 4. The fourth-order valence-electron chi connectivity index (χ4n) is 5.14. The van der Waals surface area contributed by atoms with Crippen LogP contribution in [0.4, 0.5) is 0 Å². The third-order valence-electron chi connectivity index (χ3n) is 7.62. The summed E-state index contributed by atoms with van der Waals surface area (Å²) in [7, 11) is 0. The van der Waals surface area contributed by atoms with Crippen molar-refractivity contribution in [3.05, 3.63) is 24.6 Å². The van der Waals surface area contributed by atoms with Crippen LogP contribution in [0.1, 0.15) is 142 Å². The maximum absolute atomic E-state index is 11.4. The fourth-order valence-corrected chi connectivity index (χ4v) is 5.14. The summed E-state index contributed by atoms with van der Waals surface area (Å²) in [6.07, 6.45) is 17.5. The summed E-state index contributed by atoms with van der Waals surface area (Å²) < 4.78 is 0. The van der Waals surface area contributed by atoms with Crippen LogP contribution in [0.2, 0.25) is 0 Å². The molecule has 2 amide bonds. The fraction of sp³-hybridized carbons (Fsp3) is 0.829. The molecule has 0 saturated carbocycles. The topological polar surface area (TPSA) is 47.1 Å². The molecule has 4 aliphatic rings. The third-order valence-corrected chi connectivity index (χ3v) is 7.62. The lowest BCUT2D eigenvalue weighted by atomic mass is 10.0. The Balaban J connectivity index is 0.000000517. The number of hydrogen-bond acceptors (Lipinski definition) is 4. The molecule has 0 atom stereocenters. The molecule has 240 valence electrons. The van der Waals surface area contributed by atoms with E-state index in [1.165, 1.54) is 38.8 Å². The molecular weight excluding hydrogens is 508 g/mol. The molecule has 4 heterocycles. The Bertz CT molecular complexity index is 834. The van der Waals surface area contributed by atoms with Crippen LogP contribution in [0, 0.1) is 0 Å². The molecule has 0 N–H and O–H groups in total. The van der Waals surface area contributed by atoms with Crippen LogP contribution in [-0.4, -0.2) is 79.7 Å². The Kier molecular flexibility index (Phi) is 15.8. The highest BCUT2D eigenvalue weighted by Crippen LogP contribution is 2.22. The monoisotopic (exact) mass is 577 g/mol. The van der Waals surface area contributed by atoms with Crippen LogP contribution in [0.5, 0.6) is 0 Å². The van der Waals surface area contributed by atoms with Crippen LogP contribution in [0.15, 0.2) is 24.6 Å². The molecule has 2 saturated heterocycles. The van der Waals surface area contributed by atoms with Crippen molar-refractivity contribution in [3.63, 3.8) is 0 Å². The molecule has 0 aliphatic carbocycles. The van der Waals surface area contributed by atoms with Crippen molar-refractivity contribution in [1.82, 2.24) is 19.6 Å². The Hall–Kier alpha value is -1.98. The lowest BCUT2D eigenvalue weighted by Crippen LogP contribution is -2.47. The molecule has 0 spiro atoms. The molecule has 41 heavy (non-hydrogen) atoms. The molecule has 0 bridgehead atoms. The molecule has 4 aliphatic heterocycles. The van der Waals surface area contributed by atoms with E-state index >= 15 is 0 Å². The number of likely N-dealkylation sites (tertiary alicyclic amines) is 2. The van der Waals surface area contributed by atoms with Gasteiger partial charge >= 0.3 is 0 Å². The van der Waals surface area contributed by atoms with E-state index in [1.807, 2.05) is 9.80 Å². The molecule has 0 aromatic rings. The first-order valence-corrected chi connectivity index (χ1v) is 15.7. The second-order valence-electron chi connectivity index (χ2n) is 15.4. The number of hydrogen-bond donors (Lipinski definition) is 0. The van der Waals surface area contributed by atoms with E-state index in [4.69, 9.17) is 0 Å². The van der Waals surface area contributed by atoms with E-state index in [0.717, 1.165) is 38.8 Å². The van der Waals surface area contributed by atoms with Crippen molar-refractivity contribution in [3.8, 4) is 0 Å². The van der Waals surface area contributed by atoms with Gasteiger partial charge in [0.15, 0.2) is 0 Å². The average molecular weight is 577 g/mol. The van der Waals surface area contributed by atoms with Gasteiger partial charge in [0.1, 0.15) is 0 Å². The molecule has 0 aromatic heterocycles. The van der Waals surface area contributed by atoms with Crippen molar-refractivity contribution in [2.24, 2.45) is 0 Å². The molecule has 0 unspecified atom stereocenters. The van der Waals surface area contributed by atoms with Crippen LogP contribution >= 0.6 is 0 Å². The standard InChI is InChI=1S/C9H17NO.C9H17N.C8H15NO.C8H15N.CH4/c1-9(2,3)10-7-5-4-6-8(10)11;1-9(2,3)10-7-5-4-6-8-10;1-8(2,3)9-6-4-5-7(9)10;1-8(2,3)9-6-4-5-7-9;/h4-7H2,1-3H3;5,7H,4,6,8H2,1-3H3;4-6H2,1-3H3;4,6H,5,7H2,1-3H3;1H4. The van der Waals surface area contributed by atoms with Gasteiger partial charge < -0.3 is 19.6 Å². The highest BCUT2D eigenvalue weighted by Gasteiger charge is 2.30. The van der Waals surface area contributed by atoms with Crippen LogP contribution in [0.25, 0.3) is 0 Å². The predicted molar refractivity (Wildman–Crippen MR) is 178 cm³/mol. The number of allylic oxidation sites excluding steroid dienone is 1. The minimum absolute atomic E-state index is 0. The zero-order chi connectivity index (χ0) is 30.8. The van der Waals surface area contributed by atoms with Gasteiger partial charge in [-0.25, -0.2) is 0 Å². The largest absolute Gasteiger partial charge is 0.373 e. The highest BCUT2D eigenvalue weighted by molar-refractivity contribution is 5.78. The van der Waals surface area contributed by atoms with Crippen LogP contribution in [-0.2, 0) is 9.59 Å². The Morgan fingerprint density at radius 3 is 1.17 bits per heavy atom. The molecule has 4 rings (SSSR count). The lowest BCUT2D eigenvalue weighted by Gasteiger charge is -2.38. The number of amides is 2. The number of piperidine rings is 1.